The molecule has 0 aliphatic carbocycles. The highest BCUT2D eigenvalue weighted by Gasteiger charge is 2.39. The van der Waals surface area contributed by atoms with Crippen molar-refractivity contribution in [2.24, 2.45) is 23.7 Å². The summed E-state index contributed by atoms with van der Waals surface area (Å²) >= 11 is 0. The third kappa shape index (κ3) is 4.98. The lowest BCUT2D eigenvalue weighted by molar-refractivity contribution is -0.131. The fourth-order valence-electron chi connectivity index (χ4n) is 3.52. The van der Waals surface area contributed by atoms with E-state index in [1.807, 2.05) is 0 Å². The Morgan fingerprint density at radius 3 is 2.10 bits per heavy atom. The van der Waals surface area contributed by atoms with Gasteiger partial charge in [0.25, 0.3) is 0 Å². The highest BCUT2D eigenvalue weighted by atomic mass is 16.2. The molecule has 1 fully saturated rings. The number of carbonyl (C=O) groups is 1. The van der Waals surface area contributed by atoms with E-state index in [0.717, 1.165) is 25.8 Å². The highest BCUT2D eigenvalue weighted by Crippen LogP contribution is 2.27. The number of rotatable bonds is 8. The maximum atomic E-state index is 12.7. The molecule has 21 heavy (non-hydrogen) atoms. The lowest BCUT2D eigenvalue weighted by Gasteiger charge is -2.33. The van der Waals surface area contributed by atoms with Crippen molar-refractivity contribution in [2.45, 2.75) is 79.9 Å². The smallest absolute Gasteiger partial charge is 0.241 e. The Hall–Kier alpha value is -0.570. The van der Waals surface area contributed by atoms with Gasteiger partial charge in [-0.05, 0) is 36.5 Å². The molecule has 2 atom stereocenters. The summed E-state index contributed by atoms with van der Waals surface area (Å²) in [6, 6.07) is 0.0405. The van der Waals surface area contributed by atoms with E-state index in [0.29, 0.717) is 29.6 Å². The van der Waals surface area contributed by atoms with Crippen LogP contribution in [-0.4, -0.2) is 29.6 Å². The molecule has 0 spiro atoms. The minimum atomic E-state index is 0.0405. The molecule has 1 heterocycles. The van der Waals surface area contributed by atoms with Crippen LogP contribution in [0.1, 0.15) is 67.7 Å². The predicted molar refractivity (Wildman–Crippen MR) is 90.0 cm³/mol. The van der Waals surface area contributed by atoms with Gasteiger partial charge in [0, 0.05) is 6.54 Å². The van der Waals surface area contributed by atoms with Crippen molar-refractivity contribution in [1.82, 2.24) is 10.2 Å². The molecule has 0 radical (unpaired) electrons. The van der Waals surface area contributed by atoms with Gasteiger partial charge in [0.2, 0.25) is 5.91 Å². The van der Waals surface area contributed by atoms with Crippen LogP contribution >= 0.6 is 0 Å². The molecule has 1 N–H and O–H groups in total. The molecule has 0 aromatic rings. The van der Waals surface area contributed by atoms with Gasteiger partial charge in [-0.25, -0.2) is 0 Å². The van der Waals surface area contributed by atoms with Crippen LogP contribution < -0.4 is 5.32 Å². The van der Waals surface area contributed by atoms with Crippen LogP contribution in [0.25, 0.3) is 0 Å². The van der Waals surface area contributed by atoms with Crippen molar-refractivity contribution in [3.63, 3.8) is 0 Å². The maximum absolute atomic E-state index is 12.7. The molecule has 3 nitrogen and oxygen atoms in total. The second-order valence-electron chi connectivity index (χ2n) is 7.80. The van der Waals surface area contributed by atoms with Crippen LogP contribution in [0.2, 0.25) is 0 Å². The van der Waals surface area contributed by atoms with E-state index in [1.54, 1.807) is 0 Å². The van der Waals surface area contributed by atoms with Gasteiger partial charge in [-0.1, -0.05) is 54.9 Å². The SMILES string of the molecule is CCCC1NC(CC(C)C)N(CC(C(C)C)C(C)C)C1=O. The Bertz CT molecular complexity index is 317. The molecule has 1 aliphatic heterocycles. The second-order valence-corrected chi connectivity index (χ2v) is 7.80. The average molecular weight is 296 g/mol. The summed E-state index contributed by atoms with van der Waals surface area (Å²) in [6.07, 6.45) is 3.30. The van der Waals surface area contributed by atoms with Gasteiger partial charge in [-0.3, -0.25) is 10.1 Å². The first-order valence-corrected chi connectivity index (χ1v) is 8.84. The Morgan fingerprint density at radius 2 is 1.67 bits per heavy atom. The molecule has 2 unspecified atom stereocenters. The van der Waals surface area contributed by atoms with Crippen molar-refractivity contribution in [2.75, 3.05) is 6.54 Å². The minimum absolute atomic E-state index is 0.0405. The number of hydrogen-bond acceptors (Lipinski definition) is 2. The number of hydrogen-bond donors (Lipinski definition) is 1. The molecular formula is C18H36N2O. The maximum Gasteiger partial charge on any atom is 0.241 e. The number of nitrogens with zero attached hydrogens (tertiary/aromatic N) is 1. The molecule has 3 heteroatoms. The second kappa shape index (κ2) is 8.17. The van der Waals surface area contributed by atoms with Crippen molar-refractivity contribution in [3.05, 3.63) is 0 Å². The lowest BCUT2D eigenvalue weighted by Crippen LogP contribution is -2.43. The molecule has 0 aromatic heterocycles. The topological polar surface area (TPSA) is 32.3 Å². The van der Waals surface area contributed by atoms with Crippen LogP contribution in [0.3, 0.4) is 0 Å². The summed E-state index contributed by atoms with van der Waals surface area (Å²) in [6.45, 7) is 16.6. The fraction of sp³-hybridized carbons (Fsp3) is 0.944. The van der Waals surface area contributed by atoms with Crippen molar-refractivity contribution < 1.29 is 4.79 Å². The highest BCUT2D eigenvalue weighted by molar-refractivity contribution is 5.84. The summed E-state index contributed by atoms with van der Waals surface area (Å²) in [5.74, 6) is 2.74. The van der Waals surface area contributed by atoms with E-state index < -0.39 is 0 Å². The third-order valence-corrected chi connectivity index (χ3v) is 4.74. The van der Waals surface area contributed by atoms with E-state index in [1.165, 1.54) is 0 Å². The monoisotopic (exact) mass is 296 g/mol. The molecule has 1 amide bonds. The van der Waals surface area contributed by atoms with Gasteiger partial charge in [0.15, 0.2) is 0 Å². The van der Waals surface area contributed by atoms with Crippen LogP contribution in [-0.2, 0) is 4.79 Å². The summed E-state index contributed by atoms with van der Waals surface area (Å²) < 4.78 is 0. The summed E-state index contributed by atoms with van der Waals surface area (Å²) in [5, 5.41) is 3.58. The molecule has 0 aromatic carbocycles. The van der Waals surface area contributed by atoms with Crippen molar-refractivity contribution in [3.8, 4) is 0 Å². The third-order valence-electron chi connectivity index (χ3n) is 4.74. The van der Waals surface area contributed by atoms with Gasteiger partial charge in [-0.2, -0.15) is 0 Å². The van der Waals surface area contributed by atoms with E-state index in [2.05, 4.69) is 58.7 Å². The minimum Gasteiger partial charge on any atom is -0.325 e. The van der Waals surface area contributed by atoms with Crippen LogP contribution in [0.5, 0.6) is 0 Å². The van der Waals surface area contributed by atoms with Crippen LogP contribution in [0, 0.1) is 23.7 Å². The summed E-state index contributed by atoms with van der Waals surface area (Å²) in [4.78, 5) is 14.9. The first-order valence-electron chi connectivity index (χ1n) is 8.84. The zero-order valence-electron chi connectivity index (χ0n) is 15.1. The van der Waals surface area contributed by atoms with Gasteiger partial charge >= 0.3 is 0 Å². The standard InChI is InChI=1S/C18H36N2O/c1-8-9-16-18(21)20(17(19-16)10-12(2)3)11-15(13(4)5)14(6)7/h12-17,19H,8-11H2,1-7H3. The molecule has 1 rings (SSSR count). The molecule has 1 aliphatic rings. The molecular weight excluding hydrogens is 260 g/mol. The summed E-state index contributed by atoms with van der Waals surface area (Å²) in [5.41, 5.74) is 0. The fourth-order valence-corrected chi connectivity index (χ4v) is 3.52. The van der Waals surface area contributed by atoms with Gasteiger partial charge in [-0.15, -0.1) is 0 Å². The lowest BCUT2D eigenvalue weighted by atomic mass is 9.85. The zero-order chi connectivity index (χ0) is 16.2. The Kier molecular flexibility index (Phi) is 7.19. The number of nitrogens with one attached hydrogen (secondary N) is 1. The van der Waals surface area contributed by atoms with E-state index in [4.69, 9.17) is 0 Å². The molecule has 1 saturated heterocycles. The Labute approximate surface area is 131 Å². The van der Waals surface area contributed by atoms with Crippen molar-refractivity contribution in [1.29, 1.82) is 0 Å². The van der Waals surface area contributed by atoms with E-state index in [9.17, 15) is 4.79 Å². The van der Waals surface area contributed by atoms with Crippen LogP contribution in [0.4, 0.5) is 0 Å². The van der Waals surface area contributed by atoms with Gasteiger partial charge < -0.3 is 4.90 Å². The number of amides is 1. The molecule has 0 bridgehead atoms. The summed E-state index contributed by atoms with van der Waals surface area (Å²) in [7, 11) is 0. The Morgan fingerprint density at radius 1 is 1.10 bits per heavy atom. The largest absolute Gasteiger partial charge is 0.325 e. The van der Waals surface area contributed by atoms with Crippen molar-refractivity contribution >= 4 is 5.91 Å². The Balaban J connectivity index is 2.84. The van der Waals surface area contributed by atoms with Gasteiger partial charge in [0.1, 0.15) is 0 Å². The average Bonchev–Trinajstić information content (AvgIpc) is 2.62. The number of carbonyl (C=O) groups excluding carboxylic acids is 1. The predicted octanol–water partition coefficient (Wildman–Crippen LogP) is 3.89. The van der Waals surface area contributed by atoms with E-state index in [-0.39, 0.29) is 12.2 Å². The molecule has 124 valence electrons. The quantitative estimate of drug-likeness (QED) is 0.737. The first-order chi connectivity index (χ1) is 9.77. The van der Waals surface area contributed by atoms with Gasteiger partial charge in [0.05, 0.1) is 12.2 Å². The normalized spacial score (nSPS) is 23.4. The van der Waals surface area contributed by atoms with Crippen LogP contribution in [0.15, 0.2) is 0 Å². The zero-order valence-corrected chi connectivity index (χ0v) is 15.1. The molecule has 0 saturated carbocycles. The van der Waals surface area contributed by atoms with E-state index >= 15 is 0 Å². The first kappa shape index (κ1) is 18.5.